The van der Waals surface area contributed by atoms with Gasteiger partial charge in [-0.1, -0.05) is 53.2 Å². The average molecular weight is 810 g/mol. The molecule has 5 rings (SSSR count). The molecule has 0 spiro atoms. The summed E-state index contributed by atoms with van der Waals surface area (Å²) in [4.78, 5) is 66.6. The fourth-order valence-corrected chi connectivity index (χ4v) is 10.4. The van der Waals surface area contributed by atoms with Gasteiger partial charge >= 0.3 is 0 Å². The van der Waals surface area contributed by atoms with Crippen LogP contribution in [0, 0.1) is 23.7 Å². The largest absolute Gasteiger partial charge is 0.399 e. The molecule has 3 fully saturated rings. The molecule has 3 heterocycles. The topological polar surface area (TPSA) is 159 Å². The van der Waals surface area contributed by atoms with Crippen molar-refractivity contribution in [2.45, 2.75) is 134 Å². The van der Waals surface area contributed by atoms with E-state index in [1.54, 1.807) is 32.4 Å². The number of nitrogens with two attached hydrogens (primary N) is 1. The second kappa shape index (κ2) is 19.9. The zero-order chi connectivity index (χ0) is 41.6. The Morgan fingerprint density at radius 2 is 1.75 bits per heavy atom. The van der Waals surface area contributed by atoms with Crippen LogP contribution in [0.25, 0.3) is 0 Å². The van der Waals surface area contributed by atoms with E-state index in [9.17, 15) is 19.2 Å². The summed E-state index contributed by atoms with van der Waals surface area (Å²) < 4.78 is 12.1. The first-order valence-electron chi connectivity index (χ1n) is 20.9. The number of carbonyl (C=O) groups is 4. The second-order valence-electron chi connectivity index (χ2n) is 17.0. The summed E-state index contributed by atoms with van der Waals surface area (Å²) in [6, 6.07) is 6.02. The first-order chi connectivity index (χ1) is 27.2. The number of carbonyl (C=O) groups excluding carboxylic acids is 4. The number of fused-ring (bicyclic) bond motifs is 2. The third-order valence-electron chi connectivity index (χ3n) is 13.2. The molecule has 316 valence electrons. The number of rotatable bonds is 19. The van der Waals surface area contributed by atoms with Gasteiger partial charge in [-0.2, -0.15) is 0 Å². The number of piperidine rings is 1. The number of methoxy groups -OCH3 is 2. The molecule has 2 aromatic rings. The molecule has 57 heavy (non-hydrogen) atoms. The Kier molecular flexibility index (Phi) is 15.5. The summed E-state index contributed by atoms with van der Waals surface area (Å²) in [6.07, 6.45) is 6.61. The fraction of sp³-hybridized carbons (Fsp3) is 0.698. The van der Waals surface area contributed by atoms with Crippen molar-refractivity contribution in [3.05, 3.63) is 46.4 Å². The first kappa shape index (κ1) is 44.5. The number of nitrogens with zero attached hydrogens (tertiary/aromatic N) is 4. The van der Waals surface area contributed by atoms with Gasteiger partial charge < -0.3 is 35.6 Å². The lowest BCUT2D eigenvalue weighted by molar-refractivity contribution is -0.148. The molecule has 13 nitrogen and oxygen atoms in total. The van der Waals surface area contributed by atoms with Crippen LogP contribution in [0.1, 0.15) is 96.2 Å². The van der Waals surface area contributed by atoms with Gasteiger partial charge in [0.25, 0.3) is 0 Å². The number of ether oxygens (including phenoxy) is 2. The monoisotopic (exact) mass is 809 g/mol. The van der Waals surface area contributed by atoms with Crippen LogP contribution in [0.2, 0.25) is 0 Å². The summed E-state index contributed by atoms with van der Waals surface area (Å²) in [5.74, 6) is -0.941. The molecule has 1 saturated carbocycles. The van der Waals surface area contributed by atoms with E-state index in [1.165, 1.54) is 11.3 Å². The minimum atomic E-state index is -0.713. The van der Waals surface area contributed by atoms with E-state index in [-0.39, 0.29) is 60.0 Å². The normalized spacial score (nSPS) is 24.4. The fourth-order valence-electron chi connectivity index (χ4n) is 9.68. The van der Waals surface area contributed by atoms with Crippen LogP contribution in [0.4, 0.5) is 5.69 Å². The number of nitrogen functional groups attached to an aromatic ring is 1. The Hall–Kier alpha value is -3.59. The van der Waals surface area contributed by atoms with Gasteiger partial charge in [0, 0.05) is 51.1 Å². The predicted molar refractivity (Wildman–Crippen MR) is 223 cm³/mol. The summed E-state index contributed by atoms with van der Waals surface area (Å²) in [7, 11) is 6.98. The van der Waals surface area contributed by atoms with Crippen molar-refractivity contribution in [3.63, 3.8) is 0 Å². The van der Waals surface area contributed by atoms with Gasteiger partial charge in [-0.15, -0.1) is 11.3 Å². The van der Waals surface area contributed by atoms with Gasteiger partial charge in [0.15, 0.2) is 0 Å². The third kappa shape index (κ3) is 10.2. The zero-order valence-electron chi connectivity index (χ0n) is 35.5. The molecule has 0 radical (unpaired) electrons. The third-order valence-corrected chi connectivity index (χ3v) is 14.0. The quantitative estimate of drug-likeness (QED) is 0.172. The molecule has 2 saturated heterocycles. The van der Waals surface area contributed by atoms with E-state index in [2.05, 4.69) is 34.4 Å². The molecular formula is C43H67N7O6S. The summed E-state index contributed by atoms with van der Waals surface area (Å²) in [6.45, 7) is 10.4. The van der Waals surface area contributed by atoms with E-state index in [4.69, 9.17) is 15.2 Å². The first-order valence-corrected chi connectivity index (χ1v) is 21.8. The average Bonchev–Trinajstić information content (AvgIpc) is 4.03. The number of likely N-dealkylation sites (tertiary alicyclic amines) is 2. The highest BCUT2D eigenvalue weighted by Crippen LogP contribution is 2.41. The number of anilines is 1. The Bertz CT molecular complexity index is 1640. The molecule has 11 unspecified atom stereocenters. The summed E-state index contributed by atoms with van der Waals surface area (Å²) in [5, 5.41) is 9.07. The lowest BCUT2D eigenvalue weighted by Gasteiger charge is -2.41. The van der Waals surface area contributed by atoms with Crippen molar-refractivity contribution in [3.8, 4) is 0 Å². The highest BCUT2D eigenvalue weighted by atomic mass is 32.1. The molecule has 3 aliphatic rings. The predicted octanol–water partition coefficient (Wildman–Crippen LogP) is 4.67. The molecule has 4 amide bonds. The number of hydrogen-bond donors (Lipinski definition) is 3. The highest BCUT2D eigenvalue weighted by Gasteiger charge is 2.49. The number of likely N-dealkylation sites (N-methyl/N-ethyl adjacent to an activating group) is 2. The van der Waals surface area contributed by atoms with Crippen molar-refractivity contribution in [1.82, 2.24) is 30.3 Å². The van der Waals surface area contributed by atoms with Gasteiger partial charge in [-0.05, 0) is 81.0 Å². The Morgan fingerprint density at radius 3 is 2.33 bits per heavy atom. The number of thiazole rings is 1. The van der Waals surface area contributed by atoms with Gasteiger partial charge in [0.1, 0.15) is 11.0 Å². The van der Waals surface area contributed by atoms with Crippen molar-refractivity contribution in [2.24, 2.45) is 23.7 Å². The van der Waals surface area contributed by atoms with Crippen LogP contribution in [-0.4, -0.2) is 121 Å². The van der Waals surface area contributed by atoms with Crippen molar-refractivity contribution in [2.75, 3.05) is 40.6 Å². The van der Waals surface area contributed by atoms with Crippen molar-refractivity contribution >= 4 is 40.7 Å². The molecule has 1 aromatic carbocycles. The molecule has 4 N–H and O–H groups in total. The molecule has 14 heteroatoms. The summed E-state index contributed by atoms with van der Waals surface area (Å²) >= 11 is 1.49. The van der Waals surface area contributed by atoms with Gasteiger partial charge in [-0.25, -0.2) is 4.98 Å². The smallest absolute Gasteiger partial charge is 0.245 e. The van der Waals surface area contributed by atoms with E-state index in [1.807, 2.05) is 62.4 Å². The van der Waals surface area contributed by atoms with E-state index in [0.29, 0.717) is 37.0 Å². The van der Waals surface area contributed by atoms with Crippen LogP contribution in [0.15, 0.2) is 35.8 Å². The minimum Gasteiger partial charge on any atom is -0.399 e. The number of benzene rings is 1. The van der Waals surface area contributed by atoms with E-state index < -0.39 is 30.2 Å². The second-order valence-corrected chi connectivity index (χ2v) is 18.0. The Morgan fingerprint density at radius 1 is 1.04 bits per heavy atom. The van der Waals surface area contributed by atoms with Gasteiger partial charge in [0.2, 0.25) is 23.6 Å². The molecule has 2 aliphatic heterocycles. The SMILES string of the molecule is CCC(C)C(C(CC(=O)N1CCCC1C(OC)C(C)C(=O)NC(Cc1ccc(N)cc1)c1nccs1)OC)N(C)C(=O)C(NC(=O)C1C2CCC(C2)N1C)C(C)C. The van der Waals surface area contributed by atoms with Crippen LogP contribution >= 0.6 is 11.3 Å². The maximum Gasteiger partial charge on any atom is 0.245 e. The maximum absolute atomic E-state index is 14.4. The molecule has 2 bridgehead atoms. The highest BCUT2D eigenvalue weighted by molar-refractivity contribution is 7.09. The Balaban J connectivity index is 1.27. The molecule has 11 atom stereocenters. The van der Waals surface area contributed by atoms with E-state index in [0.717, 1.165) is 42.7 Å². The van der Waals surface area contributed by atoms with Crippen LogP contribution in [0.3, 0.4) is 0 Å². The number of amides is 4. The maximum atomic E-state index is 14.4. The van der Waals surface area contributed by atoms with Gasteiger partial charge in [-0.3, -0.25) is 24.1 Å². The minimum absolute atomic E-state index is 0.000699. The summed E-state index contributed by atoms with van der Waals surface area (Å²) in [5.41, 5.74) is 7.61. The number of nitrogens with one attached hydrogen (secondary N) is 2. The molecule has 1 aliphatic carbocycles. The number of hydrogen-bond acceptors (Lipinski definition) is 10. The number of aromatic nitrogens is 1. The van der Waals surface area contributed by atoms with Crippen LogP contribution < -0.4 is 16.4 Å². The lowest BCUT2D eigenvalue weighted by atomic mass is 9.89. The van der Waals surface area contributed by atoms with Crippen molar-refractivity contribution in [1.29, 1.82) is 0 Å². The Labute approximate surface area is 343 Å². The zero-order valence-corrected chi connectivity index (χ0v) is 36.3. The van der Waals surface area contributed by atoms with Gasteiger partial charge in [0.05, 0.1) is 48.7 Å². The van der Waals surface area contributed by atoms with Crippen LogP contribution in [-0.2, 0) is 35.1 Å². The molecular weight excluding hydrogens is 743 g/mol. The molecule has 1 aromatic heterocycles. The standard InChI is InChI=1S/C43H67N7O6S/c1-10-26(4)37(49(7)43(54)36(25(2)3)47-41(53)38-29-15-18-31(23-29)48(38)6)34(55-8)24-35(51)50-20-11-12-33(50)39(56-9)27(5)40(52)46-32(42-45-19-21-57-42)22-28-13-16-30(44)17-14-28/h13-14,16-17,19,21,25-27,29,31-34,36-39H,10-12,15,18,20,22-24,44H2,1-9H3,(H,46,52)(H,47,53). The lowest BCUT2D eigenvalue weighted by Crippen LogP contribution is -2.60. The van der Waals surface area contributed by atoms with Crippen molar-refractivity contribution < 1.29 is 28.7 Å². The van der Waals surface area contributed by atoms with Crippen LogP contribution in [0.5, 0.6) is 0 Å². The van der Waals surface area contributed by atoms with E-state index >= 15 is 0 Å².